The molecule has 0 atom stereocenters. The lowest BCUT2D eigenvalue weighted by molar-refractivity contribution is 0.238. The Bertz CT molecular complexity index is 268. The molecule has 2 aliphatic carbocycles. The average Bonchev–Trinajstić information content (AvgIpc) is 3.13. The van der Waals surface area contributed by atoms with Crippen molar-refractivity contribution in [2.75, 3.05) is 19.6 Å². The van der Waals surface area contributed by atoms with E-state index in [9.17, 15) is 0 Å². The number of nitrogens with zero attached hydrogens (tertiary/aromatic N) is 2. The summed E-state index contributed by atoms with van der Waals surface area (Å²) in [7, 11) is 0. The number of nitriles is 1. The second-order valence-corrected chi connectivity index (χ2v) is 6.75. The lowest BCUT2D eigenvalue weighted by Crippen LogP contribution is -2.30. The van der Waals surface area contributed by atoms with Crippen LogP contribution in [0.15, 0.2) is 0 Å². The Hall–Kier alpha value is -0.550. The third-order valence-electron chi connectivity index (χ3n) is 4.01. The molecule has 0 bridgehead atoms. The number of rotatable bonds is 8. The molecule has 17 heavy (non-hydrogen) atoms. The Balaban J connectivity index is 1.66. The van der Waals surface area contributed by atoms with Crippen molar-refractivity contribution in [1.82, 2.24) is 4.90 Å². The van der Waals surface area contributed by atoms with Crippen molar-refractivity contribution in [2.45, 2.75) is 52.4 Å². The molecule has 0 aromatic heterocycles. The quantitative estimate of drug-likeness (QED) is 0.643. The standard InChI is InChI=1S/C15H26N2/c1-15(2,12-16)8-3-9-17(10-13-4-5-13)11-14-6-7-14/h13-14H,3-11H2,1-2H3. The van der Waals surface area contributed by atoms with Gasteiger partial charge in [-0.3, -0.25) is 0 Å². The van der Waals surface area contributed by atoms with E-state index in [2.05, 4.69) is 24.8 Å². The topological polar surface area (TPSA) is 27.0 Å². The fourth-order valence-electron chi connectivity index (χ4n) is 2.39. The van der Waals surface area contributed by atoms with Gasteiger partial charge in [-0.2, -0.15) is 5.26 Å². The Labute approximate surface area is 106 Å². The van der Waals surface area contributed by atoms with Crippen LogP contribution in [0.5, 0.6) is 0 Å². The molecule has 0 heterocycles. The minimum Gasteiger partial charge on any atom is -0.303 e. The van der Waals surface area contributed by atoms with Crippen molar-refractivity contribution in [2.24, 2.45) is 17.3 Å². The van der Waals surface area contributed by atoms with E-state index in [1.165, 1.54) is 51.7 Å². The van der Waals surface area contributed by atoms with Crippen LogP contribution >= 0.6 is 0 Å². The van der Waals surface area contributed by atoms with Gasteiger partial charge >= 0.3 is 0 Å². The molecule has 2 heteroatoms. The third-order valence-corrected chi connectivity index (χ3v) is 4.01. The summed E-state index contributed by atoms with van der Waals surface area (Å²) in [5.41, 5.74) is -0.134. The van der Waals surface area contributed by atoms with E-state index < -0.39 is 0 Å². The smallest absolute Gasteiger partial charge is 0.0683 e. The van der Waals surface area contributed by atoms with Gasteiger partial charge < -0.3 is 4.90 Å². The molecule has 0 amide bonds. The summed E-state index contributed by atoms with van der Waals surface area (Å²) in [5, 5.41) is 9.01. The summed E-state index contributed by atoms with van der Waals surface area (Å²) in [6, 6.07) is 2.40. The number of hydrogen-bond donors (Lipinski definition) is 0. The maximum Gasteiger partial charge on any atom is 0.0683 e. The van der Waals surface area contributed by atoms with E-state index in [4.69, 9.17) is 5.26 Å². The molecule has 2 rings (SSSR count). The van der Waals surface area contributed by atoms with Gasteiger partial charge in [0.15, 0.2) is 0 Å². The van der Waals surface area contributed by atoms with Gasteiger partial charge in [0.05, 0.1) is 11.5 Å². The molecule has 0 spiro atoms. The summed E-state index contributed by atoms with van der Waals surface area (Å²) >= 11 is 0. The molecule has 2 saturated carbocycles. The van der Waals surface area contributed by atoms with Crippen molar-refractivity contribution < 1.29 is 0 Å². The first-order valence-corrected chi connectivity index (χ1v) is 7.23. The van der Waals surface area contributed by atoms with Gasteiger partial charge in [0.25, 0.3) is 0 Å². The van der Waals surface area contributed by atoms with Gasteiger partial charge in [0.1, 0.15) is 0 Å². The second kappa shape index (κ2) is 5.40. The van der Waals surface area contributed by atoms with Crippen molar-refractivity contribution >= 4 is 0 Å². The molecule has 0 saturated heterocycles. The highest BCUT2D eigenvalue weighted by molar-refractivity contribution is 4.91. The van der Waals surface area contributed by atoms with E-state index in [1.807, 2.05) is 0 Å². The van der Waals surface area contributed by atoms with Gasteiger partial charge in [-0.05, 0) is 70.8 Å². The van der Waals surface area contributed by atoms with Crippen LogP contribution in [0.3, 0.4) is 0 Å². The van der Waals surface area contributed by atoms with Crippen molar-refractivity contribution in [1.29, 1.82) is 5.26 Å². The normalized spacial score (nSPS) is 20.6. The second-order valence-electron chi connectivity index (χ2n) is 6.75. The van der Waals surface area contributed by atoms with Crippen LogP contribution in [0.25, 0.3) is 0 Å². The zero-order valence-electron chi connectivity index (χ0n) is 11.4. The van der Waals surface area contributed by atoms with Gasteiger partial charge in [-0.1, -0.05) is 0 Å². The van der Waals surface area contributed by atoms with Crippen LogP contribution < -0.4 is 0 Å². The van der Waals surface area contributed by atoms with E-state index in [-0.39, 0.29) is 5.41 Å². The van der Waals surface area contributed by atoms with Crippen LogP contribution in [0.4, 0.5) is 0 Å². The van der Waals surface area contributed by atoms with Gasteiger partial charge in [0, 0.05) is 13.1 Å². The van der Waals surface area contributed by atoms with Crippen LogP contribution in [-0.4, -0.2) is 24.5 Å². The first-order valence-electron chi connectivity index (χ1n) is 7.23. The van der Waals surface area contributed by atoms with Crippen LogP contribution in [-0.2, 0) is 0 Å². The summed E-state index contributed by atoms with van der Waals surface area (Å²) < 4.78 is 0. The fraction of sp³-hybridized carbons (Fsp3) is 0.933. The lowest BCUT2D eigenvalue weighted by atomic mass is 9.90. The van der Waals surface area contributed by atoms with Crippen molar-refractivity contribution in [3.63, 3.8) is 0 Å². The molecule has 2 nitrogen and oxygen atoms in total. The minimum atomic E-state index is -0.134. The molecule has 0 aromatic carbocycles. The summed E-state index contributed by atoms with van der Waals surface area (Å²) in [6.45, 7) is 7.96. The lowest BCUT2D eigenvalue weighted by Gasteiger charge is -2.23. The summed E-state index contributed by atoms with van der Waals surface area (Å²) in [5.74, 6) is 2.00. The van der Waals surface area contributed by atoms with Crippen LogP contribution in [0.1, 0.15) is 52.4 Å². The predicted molar refractivity (Wildman–Crippen MR) is 70.5 cm³/mol. The zero-order valence-corrected chi connectivity index (χ0v) is 11.4. The fourth-order valence-corrected chi connectivity index (χ4v) is 2.39. The Kier molecular flexibility index (Phi) is 4.09. The first-order chi connectivity index (χ1) is 8.09. The van der Waals surface area contributed by atoms with Crippen molar-refractivity contribution in [3.8, 4) is 6.07 Å². The SMILES string of the molecule is CC(C)(C#N)CCCN(CC1CC1)CC1CC1. The molecule has 0 aromatic rings. The molecule has 0 N–H and O–H groups in total. The van der Waals surface area contributed by atoms with Gasteiger partial charge in [0.2, 0.25) is 0 Å². The molecule has 96 valence electrons. The highest BCUT2D eigenvalue weighted by Crippen LogP contribution is 2.34. The monoisotopic (exact) mass is 234 g/mol. The number of hydrogen-bond acceptors (Lipinski definition) is 2. The van der Waals surface area contributed by atoms with E-state index >= 15 is 0 Å². The molecule has 2 aliphatic rings. The van der Waals surface area contributed by atoms with E-state index in [1.54, 1.807) is 0 Å². The van der Waals surface area contributed by atoms with E-state index in [0.717, 1.165) is 18.3 Å². The summed E-state index contributed by atoms with van der Waals surface area (Å²) in [6.07, 6.45) is 8.01. The summed E-state index contributed by atoms with van der Waals surface area (Å²) in [4.78, 5) is 2.67. The molecular weight excluding hydrogens is 208 g/mol. The van der Waals surface area contributed by atoms with Crippen molar-refractivity contribution in [3.05, 3.63) is 0 Å². The third kappa shape index (κ3) is 5.08. The Morgan fingerprint density at radius 2 is 1.65 bits per heavy atom. The largest absolute Gasteiger partial charge is 0.303 e. The maximum absolute atomic E-state index is 9.01. The van der Waals surface area contributed by atoms with Gasteiger partial charge in [-0.15, -0.1) is 0 Å². The minimum absolute atomic E-state index is 0.134. The predicted octanol–water partition coefficient (Wildman–Crippen LogP) is 3.44. The van der Waals surface area contributed by atoms with E-state index in [0.29, 0.717) is 0 Å². The highest BCUT2D eigenvalue weighted by Gasteiger charge is 2.29. The Morgan fingerprint density at radius 3 is 2.06 bits per heavy atom. The maximum atomic E-state index is 9.01. The van der Waals surface area contributed by atoms with Crippen LogP contribution in [0.2, 0.25) is 0 Å². The molecular formula is C15H26N2. The molecule has 2 fully saturated rings. The van der Waals surface area contributed by atoms with Gasteiger partial charge in [-0.25, -0.2) is 0 Å². The average molecular weight is 234 g/mol. The zero-order chi connectivity index (χ0) is 12.3. The molecule has 0 aliphatic heterocycles. The first kappa shape index (κ1) is 12.9. The highest BCUT2D eigenvalue weighted by atomic mass is 15.1. The molecule has 0 radical (unpaired) electrons. The Morgan fingerprint density at radius 1 is 1.12 bits per heavy atom. The van der Waals surface area contributed by atoms with Crippen LogP contribution in [0, 0.1) is 28.6 Å². The molecule has 0 unspecified atom stereocenters.